The van der Waals surface area contributed by atoms with Crippen molar-refractivity contribution >= 4 is 28.9 Å². The molecule has 10 nitrogen and oxygen atoms in total. The van der Waals surface area contributed by atoms with Gasteiger partial charge in [-0.2, -0.15) is 4.57 Å². The number of alkyl carbamates (subject to hydrolysis) is 1. The summed E-state index contributed by atoms with van der Waals surface area (Å²) in [5.74, 6) is 0.931. The van der Waals surface area contributed by atoms with E-state index in [4.69, 9.17) is 14.2 Å². The number of carbonyl (C=O) groups excluding carboxylic acids is 3. The van der Waals surface area contributed by atoms with Crippen LogP contribution in [0.4, 0.5) is 9.59 Å². The molecular weight excluding hydrogens is 536 g/mol. The summed E-state index contributed by atoms with van der Waals surface area (Å²) in [5.41, 5.74) is 2.47. The predicted molar refractivity (Wildman–Crippen MR) is 144 cm³/mol. The fourth-order valence-corrected chi connectivity index (χ4v) is 5.01. The molecular formula is C29H39ClN4O6. The van der Waals surface area contributed by atoms with Crippen LogP contribution in [0, 0.1) is 12.8 Å². The van der Waals surface area contributed by atoms with Gasteiger partial charge in [-0.15, -0.1) is 0 Å². The molecule has 0 fully saturated rings. The van der Waals surface area contributed by atoms with Gasteiger partial charge in [0.25, 0.3) is 5.82 Å². The number of nitrogens with one attached hydrogen (secondary N) is 1. The first kappa shape index (κ1) is 31.0. The second kappa shape index (κ2) is 12.8. The molecule has 2 aromatic heterocycles. The van der Waals surface area contributed by atoms with Gasteiger partial charge in [0.05, 0.1) is 5.92 Å². The summed E-state index contributed by atoms with van der Waals surface area (Å²) in [4.78, 5) is 37.4. The number of hydrogen-bond donors (Lipinski definition) is 1. The number of benzene rings is 1. The molecule has 40 heavy (non-hydrogen) atoms. The van der Waals surface area contributed by atoms with Gasteiger partial charge in [0.2, 0.25) is 6.73 Å². The van der Waals surface area contributed by atoms with E-state index in [2.05, 4.69) is 16.0 Å². The van der Waals surface area contributed by atoms with Gasteiger partial charge in [-0.25, -0.2) is 14.2 Å². The van der Waals surface area contributed by atoms with Gasteiger partial charge < -0.3 is 36.5 Å². The van der Waals surface area contributed by atoms with Gasteiger partial charge in [-0.3, -0.25) is 4.79 Å². The van der Waals surface area contributed by atoms with Crippen LogP contribution in [0.3, 0.4) is 0 Å². The Morgan fingerprint density at radius 2 is 1.95 bits per heavy atom. The van der Waals surface area contributed by atoms with Crippen molar-refractivity contribution in [3.8, 4) is 0 Å². The Bertz CT molecular complexity index is 1370. The highest BCUT2D eigenvalue weighted by Crippen LogP contribution is 2.34. The predicted octanol–water partition coefficient (Wildman–Crippen LogP) is 1.44. The first-order valence-corrected chi connectivity index (χ1v) is 13.4. The van der Waals surface area contributed by atoms with Gasteiger partial charge in [0.15, 0.2) is 5.78 Å². The van der Waals surface area contributed by atoms with Crippen LogP contribution in [0.2, 0.25) is 0 Å². The number of rotatable bonds is 8. The molecule has 11 heteroatoms. The number of fused-ring (bicyclic) bond motifs is 3. The molecule has 0 saturated carbocycles. The van der Waals surface area contributed by atoms with Crippen molar-refractivity contribution in [1.29, 1.82) is 0 Å². The Balaban J connectivity index is 0.00000441. The van der Waals surface area contributed by atoms with Crippen LogP contribution >= 0.6 is 0 Å². The lowest BCUT2D eigenvalue weighted by Crippen LogP contribution is -3.00. The molecule has 4 rings (SSSR count). The summed E-state index contributed by atoms with van der Waals surface area (Å²) >= 11 is 0. The molecule has 0 saturated heterocycles. The summed E-state index contributed by atoms with van der Waals surface area (Å²) in [7, 11) is 2.03. The standard InChI is InChI=1S/C29H38N4O6.ClH/c1-19(13-14-30-27(35)39-29(3,4)5)38-28(36)37-18-33-16-15-32(20(33)2)17-21-11-12-24-25(26(21)34)22-9-7-8-10-23(22)31(24)6;/h7-10,15-16,19,21H,11-14,17-18H2,1-6H3;1H. The average Bonchev–Trinajstić information content (AvgIpc) is 3.35. The average molecular weight is 575 g/mol. The Morgan fingerprint density at radius 1 is 1.23 bits per heavy atom. The van der Waals surface area contributed by atoms with Gasteiger partial charge >= 0.3 is 12.2 Å². The molecule has 0 spiro atoms. The monoisotopic (exact) mass is 574 g/mol. The number of amides is 1. The van der Waals surface area contributed by atoms with Crippen molar-refractivity contribution in [2.45, 2.75) is 78.9 Å². The number of imidazole rings is 1. The van der Waals surface area contributed by atoms with Crippen molar-refractivity contribution in [3.05, 3.63) is 53.7 Å². The fourth-order valence-electron chi connectivity index (χ4n) is 5.01. The molecule has 3 aromatic rings. The molecule has 2 atom stereocenters. The van der Waals surface area contributed by atoms with Crippen molar-refractivity contribution < 1.29 is 45.6 Å². The maximum absolute atomic E-state index is 13.5. The molecule has 0 bridgehead atoms. The van der Waals surface area contributed by atoms with E-state index in [-0.39, 0.29) is 30.8 Å². The van der Waals surface area contributed by atoms with E-state index >= 15 is 0 Å². The van der Waals surface area contributed by atoms with Crippen LogP contribution in [0.5, 0.6) is 0 Å². The summed E-state index contributed by atoms with van der Waals surface area (Å²) in [6.07, 6.45) is 4.05. The number of aryl methyl sites for hydroxylation is 1. The van der Waals surface area contributed by atoms with E-state index in [1.165, 1.54) is 0 Å². The van der Waals surface area contributed by atoms with E-state index in [0.29, 0.717) is 19.5 Å². The third-order valence-corrected chi connectivity index (χ3v) is 7.09. The number of ether oxygens (including phenoxy) is 3. The quantitative estimate of drug-likeness (QED) is 0.322. The summed E-state index contributed by atoms with van der Waals surface area (Å²) < 4.78 is 21.7. The molecule has 1 N–H and O–H groups in total. The Labute approximate surface area is 241 Å². The minimum atomic E-state index is -0.787. The topological polar surface area (TPSA) is 105 Å². The summed E-state index contributed by atoms with van der Waals surface area (Å²) in [5, 5.41) is 3.66. The molecule has 0 aliphatic heterocycles. The Kier molecular flexibility index (Phi) is 9.89. The van der Waals surface area contributed by atoms with Gasteiger partial charge in [-0.05, 0) is 46.6 Å². The zero-order valence-corrected chi connectivity index (χ0v) is 24.8. The lowest BCUT2D eigenvalue weighted by atomic mass is 9.85. The number of nitrogens with zero attached hydrogens (tertiary/aromatic N) is 3. The first-order valence-electron chi connectivity index (χ1n) is 13.4. The van der Waals surface area contributed by atoms with Crippen molar-refractivity contribution in [3.63, 3.8) is 0 Å². The van der Waals surface area contributed by atoms with Crippen LogP contribution in [0.1, 0.15) is 62.4 Å². The molecule has 2 unspecified atom stereocenters. The number of Topliss-reactive ketones (excluding diaryl/α,β-unsaturated/α-hetero) is 1. The zero-order valence-electron chi connectivity index (χ0n) is 24.0. The molecule has 1 aromatic carbocycles. The van der Waals surface area contributed by atoms with Crippen LogP contribution < -0.4 is 22.3 Å². The summed E-state index contributed by atoms with van der Waals surface area (Å²) in [6.45, 7) is 9.89. The first-order chi connectivity index (χ1) is 18.4. The third kappa shape index (κ3) is 7.15. The normalized spacial score (nSPS) is 15.7. The molecule has 2 heterocycles. The van der Waals surface area contributed by atoms with Crippen molar-refractivity contribution in [2.75, 3.05) is 6.54 Å². The van der Waals surface area contributed by atoms with Crippen LogP contribution in [-0.2, 0) is 41.0 Å². The van der Waals surface area contributed by atoms with Crippen LogP contribution in [0.15, 0.2) is 36.7 Å². The highest BCUT2D eigenvalue weighted by Gasteiger charge is 2.34. The minimum Gasteiger partial charge on any atom is -1.00 e. The molecule has 1 amide bonds. The third-order valence-electron chi connectivity index (χ3n) is 7.09. The number of hydrogen-bond acceptors (Lipinski definition) is 6. The van der Waals surface area contributed by atoms with Gasteiger partial charge in [0.1, 0.15) is 30.6 Å². The molecule has 218 valence electrons. The lowest BCUT2D eigenvalue weighted by molar-refractivity contribution is -0.732. The zero-order chi connectivity index (χ0) is 28.3. The SMILES string of the molecule is Cc1n(CC2CCc3c(c4ccccc4n3C)C2=O)cc[n+]1COC(=O)OC(C)CCNC(=O)OC(C)(C)C.[Cl-]. The van der Waals surface area contributed by atoms with E-state index in [1.807, 2.05) is 49.1 Å². The maximum Gasteiger partial charge on any atom is 0.511 e. The number of para-hydroxylation sites is 1. The van der Waals surface area contributed by atoms with Crippen LogP contribution in [-0.4, -0.2) is 45.4 Å². The van der Waals surface area contributed by atoms with Gasteiger partial charge in [-0.1, -0.05) is 18.2 Å². The maximum atomic E-state index is 13.5. The highest BCUT2D eigenvalue weighted by atomic mass is 35.5. The smallest absolute Gasteiger partial charge is 0.511 e. The second-order valence-corrected chi connectivity index (χ2v) is 11.1. The Morgan fingerprint density at radius 3 is 2.67 bits per heavy atom. The highest BCUT2D eigenvalue weighted by molar-refractivity contribution is 6.11. The minimum absolute atomic E-state index is 0. The fraction of sp³-hybridized carbons (Fsp3) is 0.517. The number of carbonyl (C=O) groups is 3. The van der Waals surface area contributed by atoms with Crippen molar-refractivity contribution in [2.24, 2.45) is 13.0 Å². The number of ketones is 1. The number of aromatic nitrogens is 3. The van der Waals surface area contributed by atoms with Crippen LogP contribution in [0.25, 0.3) is 10.9 Å². The molecule has 0 radical (unpaired) electrons. The van der Waals surface area contributed by atoms with E-state index in [9.17, 15) is 14.4 Å². The van der Waals surface area contributed by atoms with E-state index < -0.39 is 24.0 Å². The largest absolute Gasteiger partial charge is 1.00 e. The van der Waals surface area contributed by atoms with Crippen molar-refractivity contribution in [1.82, 2.24) is 14.5 Å². The second-order valence-electron chi connectivity index (χ2n) is 11.1. The Hall–Kier alpha value is -3.53. The van der Waals surface area contributed by atoms with E-state index in [0.717, 1.165) is 40.8 Å². The lowest BCUT2D eigenvalue weighted by Gasteiger charge is -2.21. The molecule has 1 aliphatic carbocycles. The summed E-state index contributed by atoms with van der Waals surface area (Å²) in [6, 6.07) is 8.06. The number of halogens is 1. The van der Waals surface area contributed by atoms with E-state index in [1.54, 1.807) is 32.3 Å². The van der Waals surface area contributed by atoms with Gasteiger partial charge in [0, 0.05) is 49.1 Å². The molecule has 1 aliphatic rings.